The second kappa shape index (κ2) is 5.17. The Kier molecular flexibility index (Phi) is 3.21. The highest BCUT2D eigenvalue weighted by molar-refractivity contribution is 5.90. The summed E-state index contributed by atoms with van der Waals surface area (Å²) in [5.41, 5.74) is 3.67. The molecule has 0 saturated heterocycles. The lowest BCUT2D eigenvalue weighted by atomic mass is 10.1. The molecule has 3 aromatic rings. The first-order chi connectivity index (χ1) is 9.79. The van der Waals surface area contributed by atoms with Crippen LogP contribution in [0.5, 0.6) is 0 Å². The van der Waals surface area contributed by atoms with Crippen LogP contribution in [-0.4, -0.2) is 22.0 Å². The van der Waals surface area contributed by atoms with Crippen molar-refractivity contribution in [2.45, 2.75) is 6.92 Å². The fourth-order valence-corrected chi connectivity index (χ4v) is 2.17. The molecule has 0 radical (unpaired) electrons. The van der Waals surface area contributed by atoms with Crippen molar-refractivity contribution in [2.24, 2.45) is 0 Å². The first-order valence-corrected chi connectivity index (χ1v) is 6.48. The number of nitrogens with zero attached hydrogens (tertiary/aromatic N) is 2. The molecule has 0 unspecified atom stereocenters. The molecular weight excluding hydrogens is 252 g/mol. The van der Waals surface area contributed by atoms with Gasteiger partial charge in [0.15, 0.2) is 0 Å². The Bertz CT molecular complexity index is 745. The van der Waals surface area contributed by atoms with Gasteiger partial charge in [-0.1, -0.05) is 18.2 Å². The molecule has 4 heteroatoms. The van der Waals surface area contributed by atoms with Crippen molar-refractivity contribution < 1.29 is 9.53 Å². The number of carbonyl (C=O) groups excluding carboxylic acids is 1. The topological polar surface area (TPSA) is 43.6 Å². The monoisotopic (exact) mass is 266 g/mol. The molecule has 0 atom stereocenters. The van der Waals surface area contributed by atoms with E-state index in [0.717, 1.165) is 16.8 Å². The van der Waals surface area contributed by atoms with E-state index in [1.54, 1.807) is 25.4 Å². The van der Waals surface area contributed by atoms with Crippen LogP contribution in [0.2, 0.25) is 0 Å². The highest BCUT2D eigenvalue weighted by atomic mass is 16.5. The number of hydrogen-bond donors (Lipinski definition) is 0. The Morgan fingerprint density at radius 3 is 2.75 bits per heavy atom. The SMILES string of the molecule is CCOC(=O)c1ccc(-c2cccc3cncn23)cc1. The summed E-state index contributed by atoms with van der Waals surface area (Å²) < 4.78 is 6.99. The largest absolute Gasteiger partial charge is 0.462 e. The van der Waals surface area contributed by atoms with Crippen molar-refractivity contribution in [2.75, 3.05) is 6.61 Å². The van der Waals surface area contributed by atoms with Crippen LogP contribution < -0.4 is 0 Å². The lowest BCUT2D eigenvalue weighted by molar-refractivity contribution is 0.0526. The highest BCUT2D eigenvalue weighted by Crippen LogP contribution is 2.21. The van der Waals surface area contributed by atoms with Crippen molar-refractivity contribution >= 4 is 11.5 Å². The van der Waals surface area contributed by atoms with Crippen LogP contribution in [-0.2, 0) is 4.74 Å². The summed E-state index contributed by atoms with van der Waals surface area (Å²) in [6.45, 7) is 2.18. The number of ether oxygens (including phenoxy) is 1. The molecule has 0 saturated carbocycles. The van der Waals surface area contributed by atoms with Gasteiger partial charge < -0.3 is 4.74 Å². The molecule has 4 nitrogen and oxygen atoms in total. The maximum atomic E-state index is 11.6. The number of carbonyl (C=O) groups is 1. The number of rotatable bonds is 3. The molecule has 0 N–H and O–H groups in total. The van der Waals surface area contributed by atoms with Crippen molar-refractivity contribution in [1.82, 2.24) is 9.38 Å². The third-order valence-electron chi connectivity index (χ3n) is 3.14. The van der Waals surface area contributed by atoms with Crippen molar-refractivity contribution in [1.29, 1.82) is 0 Å². The summed E-state index contributed by atoms with van der Waals surface area (Å²) in [5, 5.41) is 0. The number of imidazole rings is 1. The molecule has 3 rings (SSSR count). The molecule has 100 valence electrons. The van der Waals surface area contributed by atoms with Gasteiger partial charge in [0.25, 0.3) is 0 Å². The van der Waals surface area contributed by atoms with Crippen LogP contribution in [0.4, 0.5) is 0 Å². The molecule has 0 aliphatic rings. The number of esters is 1. The van der Waals surface area contributed by atoms with Gasteiger partial charge in [0.1, 0.15) is 0 Å². The van der Waals surface area contributed by atoms with Crippen molar-refractivity contribution in [3.63, 3.8) is 0 Å². The van der Waals surface area contributed by atoms with Crippen LogP contribution in [0, 0.1) is 0 Å². The number of aromatic nitrogens is 2. The zero-order chi connectivity index (χ0) is 13.9. The van der Waals surface area contributed by atoms with Gasteiger partial charge in [-0.05, 0) is 36.8 Å². The minimum absolute atomic E-state index is 0.292. The van der Waals surface area contributed by atoms with Gasteiger partial charge in [-0.25, -0.2) is 9.78 Å². The molecule has 0 bridgehead atoms. The Balaban J connectivity index is 1.99. The van der Waals surface area contributed by atoms with E-state index in [-0.39, 0.29) is 5.97 Å². The Morgan fingerprint density at radius 2 is 2.00 bits per heavy atom. The summed E-state index contributed by atoms with van der Waals surface area (Å²) in [7, 11) is 0. The second-order valence-corrected chi connectivity index (χ2v) is 4.40. The van der Waals surface area contributed by atoms with E-state index in [1.165, 1.54) is 0 Å². The van der Waals surface area contributed by atoms with Crippen molar-refractivity contribution in [3.05, 3.63) is 60.6 Å². The first-order valence-electron chi connectivity index (χ1n) is 6.48. The summed E-state index contributed by atoms with van der Waals surface area (Å²) in [6, 6.07) is 13.4. The van der Waals surface area contributed by atoms with E-state index in [0.29, 0.717) is 12.2 Å². The van der Waals surface area contributed by atoms with E-state index < -0.39 is 0 Å². The van der Waals surface area contributed by atoms with Gasteiger partial charge >= 0.3 is 5.97 Å². The Hall–Kier alpha value is -2.62. The molecule has 0 aliphatic carbocycles. The lowest BCUT2D eigenvalue weighted by Gasteiger charge is -2.07. The zero-order valence-corrected chi connectivity index (χ0v) is 11.1. The minimum atomic E-state index is -0.292. The quantitative estimate of drug-likeness (QED) is 0.684. The molecule has 2 heterocycles. The van der Waals surface area contributed by atoms with Crippen LogP contribution in [0.3, 0.4) is 0 Å². The van der Waals surface area contributed by atoms with Gasteiger partial charge in [-0.2, -0.15) is 0 Å². The first kappa shape index (κ1) is 12.4. The van der Waals surface area contributed by atoms with Gasteiger partial charge in [0.05, 0.1) is 35.9 Å². The summed E-state index contributed by atoms with van der Waals surface area (Å²) >= 11 is 0. The van der Waals surface area contributed by atoms with Crippen LogP contribution >= 0.6 is 0 Å². The fourth-order valence-electron chi connectivity index (χ4n) is 2.17. The van der Waals surface area contributed by atoms with E-state index in [4.69, 9.17) is 4.74 Å². The predicted molar refractivity (Wildman–Crippen MR) is 76.6 cm³/mol. The number of fused-ring (bicyclic) bond motifs is 1. The van der Waals surface area contributed by atoms with E-state index >= 15 is 0 Å². The average Bonchev–Trinajstić information content (AvgIpc) is 2.96. The zero-order valence-electron chi connectivity index (χ0n) is 11.1. The second-order valence-electron chi connectivity index (χ2n) is 4.40. The van der Waals surface area contributed by atoms with Gasteiger partial charge in [0.2, 0.25) is 0 Å². The minimum Gasteiger partial charge on any atom is -0.462 e. The molecule has 0 aliphatic heterocycles. The number of hydrogen-bond acceptors (Lipinski definition) is 3. The van der Waals surface area contributed by atoms with Gasteiger partial charge in [-0.3, -0.25) is 4.40 Å². The summed E-state index contributed by atoms with van der Waals surface area (Å²) in [6.07, 6.45) is 3.60. The van der Waals surface area contributed by atoms with Crippen molar-refractivity contribution in [3.8, 4) is 11.3 Å². The molecule has 0 fully saturated rings. The Morgan fingerprint density at radius 1 is 1.20 bits per heavy atom. The Labute approximate surface area is 116 Å². The maximum absolute atomic E-state index is 11.6. The third-order valence-corrected chi connectivity index (χ3v) is 3.14. The van der Waals surface area contributed by atoms with Crippen LogP contribution in [0.1, 0.15) is 17.3 Å². The lowest BCUT2D eigenvalue weighted by Crippen LogP contribution is -2.04. The maximum Gasteiger partial charge on any atom is 0.338 e. The highest BCUT2D eigenvalue weighted by Gasteiger charge is 2.07. The molecular formula is C16H14N2O2. The smallest absolute Gasteiger partial charge is 0.338 e. The van der Waals surface area contributed by atoms with Gasteiger partial charge in [0, 0.05) is 0 Å². The molecule has 0 amide bonds. The summed E-state index contributed by atoms with van der Waals surface area (Å²) in [5.74, 6) is -0.292. The molecule has 2 aromatic heterocycles. The van der Waals surface area contributed by atoms with Gasteiger partial charge in [-0.15, -0.1) is 0 Å². The normalized spacial score (nSPS) is 10.7. The average molecular weight is 266 g/mol. The summed E-state index contributed by atoms with van der Waals surface area (Å²) in [4.78, 5) is 15.8. The molecule has 0 spiro atoms. The number of pyridine rings is 1. The third kappa shape index (κ3) is 2.16. The predicted octanol–water partition coefficient (Wildman–Crippen LogP) is 3.18. The molecule has 20 heavy (non-hydrogen) atoms. The van der Waals surface area contributed by atoms with Crippen LogP contribution in [0.15, 0.2) is 55.0 Å². The number of benzene rings is 1. The van der Waals surface area contributed by atoms with E-state index in [1.807, 2.05) is 40.9 Å². The molecule has 1 aromatic carbocycles. The van der Waals surface area contributed by atoms with Crippen LogP contribution in [0.25, 0.3) is 16.8 Å². The van der Waals surface area contributed by atoms with E-state index in [9.17, 15) is 4.79 Å². The fraction of sp³-hybridized carbons (Fsp3) is 0.125. The standard InChI is InChI=1S/C16H14N2O2/c1-2-20-16(19)13-8-6-12(7-9-13)15-5-3-4-14-10-17-11-18(14)15/h3-11H,2H2,1H3. The van der Waals surface area contributed by atoms with E-state index in [2.05, 4.69) is 4.98 Å².